The highest BCUT2D eigenvalue weighted by molar-refractivity contribution is 7.45. The summed E-state index contributed by atoms with van der Waals surface area (Å²) >= 11 is 0. The third-order valence-corrected chi connectivity index (χ3v) is 0.880. The fourth-order valence-electron chi connectivity index (χ4n) is 0.283. The summed E-state index contributed by atoms with van der Waals surface area (Å²) in [5.41, 5.74) is 0. The quantitative estimate of drug-likeness (QED) is 0.224. The van der Waals surface area contributed by atoms with E-state index in [1.807, 2.05) is 0 Å². The van der Waals surface area contributed by atoms with E-state index in [0.717, 1.165) is 0 Å². The normalized spacial score (nSPS) is 9.53. The molecule has 17 heavy (non-hydrogen) atoms. The molecule has 0 aromatic heterocycles. The van der Waals surface area contributed by atoms with Crippen molar-refractivity contribution in [3.8, 4) is 0 Å². The van der Waals surface area contributed by atoms with E-state index in [0.29, 0.717) is 13.1 Å². The van der Waals surface area contributed by atoms with Crippen LogP contribution in [0.25, 0.3) is 0 Å². The van der Waals surface area contributed by atoms with Gasteiger partial charge < -0.3 is 35.3 Å². The predicted molar refractivity (Wildman–Crippen MR) is 59.2 cm³/mol. The van der Waals surface area contributed by atoms with Gasteiger partial charge in [0, 0.05) is 19.5 Å². The van der Waals surface area contributed by atoms with Crippen LogP contribution in [0.3, 0.4) is 0 Å². The molecule has 0 aromatic rings. The van der Waals surface area contributed by atoms with Crippen molar-refractivity contribution in [2.24, 2.45) is 0 Å². The second kappa shape index (κ2) is 15.5. The summed E-state index contributed by atoms with van der Waals surface area (Å²) < 4.78 is 8.88. The predicted octanol–water partition coefficient (Wildman–Crippen LogP) is -1.89. The van der Waals surface area contributed by atoms with Crippen LogP contribution in [0.1, 0.15) is 13.3 Å². The van der Waals surface area contributed by atoms with Crippen LogP contribution in [0.15, 0.2) is 0 Å². The second-order valence-corrected chi connectivity index (χ2v) is 3.48. The fourth-order valence-corrected chi connectivity index (χ4v) is 0.283. The molecule has 0 aliphatic heterocycles. The average molecular weight is 277 g/mol. The summed E-state index contributed by atoms with van der Waals surface area (Å²) in [4.78, 5) is 30.9. The monoisotopic (exact) mass is 277 g/mol. The largest absolute Gasteiger partial charge is 0.481 e. The summed E-state index contributed by atoms with van der Waals surface area (Å²) in [7, 11) is -4.64. The highest BCUT2D eigenvalue weighted by atomic mass is 31.2. The number of aliphatic carboxylic acids is 1. The number of hydrogen-bond acceptors (Lipinski definition) is 5. The molecule has 0 saturated heterocycles. The number of nitrogens with one attached hydrogen (secondary N) is 1. The molecule has 9 nitrogen and oxygen atoms in total. The zero-order chi connectivity index (χ0) is 14.3. The maximum absolute atomic E-state index is 9.37. The van der Waals surface area contributed by atoms with E-state index in [-0.39, 0.29) is 19.6 Å². The molecule has 0 bridgehead atoms. The molecule has 0 spiro atoms. The van der Waals surface area contributed by atoms with E-state index >= 15 is 0 Å². The van der Waals surface area contributed by atoms with Gasteiger partial charge >= 0.3 is 13.8 Å². The van der Waals surface area contributed by atoms with Gasteiger partial charge in [0.25, 0.3) is 0 Å². The van der Waals surface area contributed by atoms with E-state index in [1.165, 1.54) is 0 Å². The van der Waals surface area contributed by atoms with Crippen LogP contribution in [0.4, 0.5) is 0 Å². The van der Waals surface area contributed by atoms with Crippen molar-refractivity contribution in [2.75, 3.05) is 26.3 Å². The number of carbonyl (C=O) groups is 1. The lowest BCUT2D eigenvalue weighted by Gasteiger charge is -1.94. The Morgan fingerprint density at radius 3 is 1.47 bits per heavy atom. The Kier molecular flexibility index (Phi) is 19.7. The second-order valence-electron chi connectivity index (χ2n) is 2.46. The molecule has 10 heteroatoms. The van der Waals surface area contributed by atoms with Gasteiger partial charge in [0.1, 0.15) is 0 Å². The van der Waals surface area contributed by atoms with Crippen LogP contribution in [0.2, 0.25) is 0 Å². The van der Waals surface area contributed by atoms with Crippen molar-refractivity contribution in [3.63, 3.8) is 0 Å². The molecule has 0 unspecified atom stereocenters. The number of aliphatic hydroxyl groups excluding tert-OH is 2. The van der Waals surface area contributed by atoms with E-state index in [1.54, 1.807) is 6.92 Å². The van der Waals surface area contributed by atoms with Gasteiger partial charge in [-0.2, -0.15) is 0 Å². The number of phosphoric acid groups is 1. The van der Waals surface area contributed by atoms with E-state index in [2.05, 4.69) is 5.32 Å². The molecule has 106 valence electrons. The van der Waals surface area contributed by atoms with Crippen LogP contribution in [0.5, 0.6) is 0 Å². The van der Waals surface area contributed by atoms with E-state index in [4.69, 9.17) is 34.6 Å². The van der Waals surface area contributed by atoms with Crippen molar-refractivity contribution >= 4 is 13.8 Å². The molecule has 0 aliphatic rings. The molecule has 0 radical (unpaired) electrons. The molecule has 0 heterocycles. The molecular formula is C7H20NO8P. The molecule has 0 aliphatic carbocycles. The number of carboxylic acids is 1. The third-order valence-electron chi connectivity index (χ3n) is 0.880. The number of aliphatic hydroxyl groups is 2. The summed E-state index contributed by atoms with van der Waals surface area (Å²) in [5.74, 6) is -0.745. The lowest BCUT2D eigenvalue weighted by atomic mass is 10.5. The number of carboxylic acid groups (broad SMARTS) is 1. The highest BCUT2D eigenvalue weighted by Crippen LogP contribution is 2.25. The highest BCUT2D eigenvalue weighted by Gasteiger charge is 2.00. The average Bonchev–Trinajstić information content (AvgIpc) is 2.17. The number of rotatable bonds is 5. The first-order chi connectivity index (χ1) is 7.68. The molecule has 0 saturated carbocycles. The fraction of sp³-hybridized carbons (Fsp3) is 0.857. The maximum Gasteiger partial charge on any atom is 0.466 e. The lowest BCUT2D eigenvalue weighted by Crippen LogP contribution is -2.21. The molecule has 0 atom stereocenters. The van der Waals surface area contributed by atoms with Gasteiger partial charge in [0.05, 0.1) is 13.2 Å². The van der Waals surface area contributed by atoms with Gasteiger partial charge in [-0.1, -0.05) is 6.92 Å². The van der Waals surface area contributed by atoms with Crippen LogP contribution in [0, 0.1) is 0 Å². The van der Waals surface area contributed by atoms with Crippen LogP contribution < -0.4 is 5.32 Å². The van der Waals surface area contributed by atoms with Crippen LogP contribution >= 0.6 is 7.82 Å². The van der Waals surface area contributed by atoms with E-state index in [9.17, 15) is 4.79 Å². The summed E-state index contributed by atoms with van der Waals surface area (Å²) in [6.07, 6.45) is 0.222. The van der Waals surface area contributed by atoms with Gasteiger partial charge in [-0.15, -0.1) is 0 Å². The number of hydrogen-bond donors (Lipinski definition) is 7. The summed E-state index contributed by atoms with van der Waals surface area (Å²) in [5, 5.41) is 26.8. The minimum atomic E-state index is -4.64. The third kappa shape index (κ3) is 94.0. The van der Waals surface area contributed by atoms with Gasteiger partial charge in [0.2, 0.25) is 0 Å². The van der Waals surface area contributed by atoms with Crippen molar-refractivity contribution < 1.29 is 39.4 Å². The van der Waals surface area contributed by atoms with Crippen LogP contribution in [-0.4, -0.2) is 62.3 Å². The van der Waals surface area contributed by atoms with Gasteiger partial charge in [-0.3, -0.25) is 4.79 Å². The van der Waals surface area contributed by atoms with Crippen LogP contribution in [-0.2, 0) is 9.36 Å². The molecule has 0 rings (SSSR count). The minimum Gasteiger partial charge on any atom is -0.481 e. The molecular weight excluding hydrogens is 257 g/mol. The Hall–Kier alpha value is -0.540. The van der Waals surface area contributed by atoms with Crippen molar-refractivity contribution in [3.05, 3.63) is 0 Å². The molecule has 0 aromatic carbocycles. The topological polar surface area (TPSA) is 168 Å². The molecule has 0 amide bonds. The Bertz CT molecular complexity index is 194. The Morgan fingerprint density at radius 2 is 1.35 bits per heavy atom. The minimum absolute atomic E-state index is 0.139. The lowest BCUT2D eigenvalue weighted by molar-refractivity contribution is -0.136. The zero-order valence-electron chi connectivity index (χ0n) is 9.48. The van der Waals surface area contributed by atoms with Gasteiger partial charge in [-0.25, -0.2) is 4.57 Å². The van der Waals surface area contributed by atoms with Gasteiger partial charge in [0.15, 0.2) is 0 Å². The first kappa shape index (κ1) is 21.7. The summed E-state index contributed by atoms with van der Waals surface area (Å²) in [6, 6.07) is 0. The standard InChI is InChI=1S/C4H11NO2.C3H6O2.H3O4P/c6-3-1-5-2-4-7;1-2-3(4)5;1-5(2,3)4/h5-7H,1-4H2;2H2,1H3,(H,4,5);(H3,1,2,3,4). The Labute approximate surface area is 99.0 Å². The van der Waals surface area contributed by atoms with E-state index < -0.39 is 13.8 Å². The first-order valence-corrected chi connectivity index (χ1v) is 6.18. The smallest absolute Gasteiger partial charge is 0.466 e. The molecule has 7 N–H and O–H groups in total. The Balaban J connectivity index is -0.000000177. The molecule has 0 fully saturated rings. The maximum atomic E-state index is 9.37. The SMILES string of the molecule is CCC(=O)O.O=P(O)(O)O.OCCNCCO. The first-order valence-electron chi connectivity index (χ1n) is 4.61. The van der Waals surface area contributed by atoms with Gasteiger partial charge in [-0.05, 0) is 0 Å². The zero-order valence-corrected chi connectivity index (χ0v) is 10.4. The Morgan fingerprint density at radius 1 is 1.12 bits per heavy atom. The van der Waals surface area contributed by atoms with Crippen molar-refractivity contribution in [2.45, 2.75) is 13.3 Å². The summed E-state index contributed by atoms with van der Waals surface area (Å²) in [6.45, 7) is 3.02. The van der Waals surface area contributed by atoms with Crippen molar-refractivity contribution in [1.82, 2.24) is 5.32 Å². The van der Waals surface area contributed by atoms with Crippen molar-refractivity contribution in [1.29, 1.82) is 0 Å².